The number of hydroxylamine groups is 2. The zero-order chi connectivity index (χ0) is 28.1. The van der Waals surface area contributed by atoms with Gasteiger partial charge in [-0.1, -0.05) is 13.8 Å². The Morgan fingerprint density at radius 3 is 2.03 bits per heavy atom. The van der Waals surface area contributed by atoms with Crippen molar-refractivity contribution in [2.24, 2.45) is 5.92 Å². The van der Waals surface area contributed by atoms with Gasteiger partial charge in [-0.2, -0.15) is 13.2 Å². The Balaban J connectivity index is 1.82. The fourth-order valence-corrected chi connectivity index (χ4v) is 4.88. The summed E-state index contributed by atoms with van der Waals surface area (Å²) in [5, 5.41) is 11.0. The molecule has 0 bridgehead atoms. The molecule has 1 heterocycles. The van der Waals surface area contributed by atoms with E-state index in [4.69, 9.17) is 9.47 Å². The van der Waals surface area contributed by atoms with Gasteiger partial charge in [0.25, 0.3) is 5.91 Å². The highest BCUT2D eigenvalue weighted by molar-refractivity contribution is 7.92. The fraction of sp³-hybridized carbons (Fsp3) is 0.480. The number of carbonyl (C=O) groups excluding carboxylic acids is 1. The van der Waals surface area contributed by atoms with E-state index in [0.29, 0.717) is 31.4 Å². The lowest BCUT2D eigenvalue weighted by Gasteiger charge is -2.37. The first kappa shape index (κ1) is 29.7. The van der Waals surface area contributed by atoms with Crippen LogP contribution >= 0.6 is 0 Å². The molecule has 0 aliphatic carbocycles. The lowest BCUT2D eigenvalue weighted by atomic mass is 10.1. The van der Waals surface area contributed by atoms with E-state index in [2.05, 4.69) is 0 Å². The zero-order valence-corrected chi connectivity index (χ0v) is 22.2. The molecule has 1 unspecified atom stereocenters. The van der Waals surface area contributed by atoms with E-state index >= 15 is 0 Å². The van der Waals surface area contributed by atoms with E-state index in [1.54, 1.807) is 4.90 Å². The molecule has 1 aliphatic heterocycles. The molecule has 0 radical (unpaired) electrons. The van der Waals surface area contributed by atoms with E-state index in [1.165, 1.54) is 36.4 Å². The average Bonchev–Trinajstić information content (AvgIpc) is 2.84. The monoisotopic (exact) mass is 559 g/mol. The van der Waals surface area contributed by atoms with Gasteiger partial charge >= 0.3 is 6.18 Å². The van der Waals surface area contributed by atoms with Crippen molar-refractivity contribution in [3.8, 4) is 11.5 Å². The van der Waals surface area contributed by atoms with Crippen LogP contribution in [0.25, 0.3) is 0 Å². The van der Waals surface area contributed by atoms with Crippen LogP contribution in [0.1, 0.15) is 19.4 Å². The Morgan fingerprint density at radius 2 is 1.55 bits per heavy atom. The highest BCUT2D eigenvalue weighted by Gasteiger charge is 2.35. The molecule has 1 N–H and O–H groups in total. The summed E-state index contributed by atoms with van der Waals surface area (Å²) < 4.78 is 75.9. The maximum absolute atomic E-state index is 13.2. The van der Waals surface area contributed by atoms with Crippen LogP contribution in [0.3, 0.4) is 0 Å². The third-order valence-electron chi connectivity index (χ3n) is 5.85. The quantitative estimate of drug-likeness (QED) is 0.349. The van der Waals surface area contributed by atoms with Crippen molar-refractivity contribution in [2.45, 2.75) is 26.1 Å². The molecule has 1 atom stereocenters. The van der Waals surface area contributed by atoms with Crippen molar-refractivity contribution >= 4 is 21.6 Å². The molecule has 9 nitrogen and oxygen atoms in total. The Labute approximate surface area is 220 Å². The maximum atomic E-state index is 13.2. The van der Waals surface area contributed by atoms with Gasteiger partial charge in [0.1, 0.15) is 17.5 Å². The van der Waals surface area contributed by atoms with E-state index in [0.717, 1.165) is 22.7 Å². The summed E-state index contributed by atoms with van der Waals surface area (Å²) in [4.78, 5) is 15.0. The number of morpholine rings is 1. The van der Waals surface area contributed by atoms with E-state index < -0.39 is 33.7 Å². The number of carbonyl (C=O) groups is 1. The van der Waals surface area contributed by atoms with Crippen LogP contribution in [-0.4, -0.2) is 81.2 Å². The topological polar surface area (TPSA) is 99.6 Å². The minimum atomic E-state index is -4.46. The van der Waals surface area contributed by atoms with Crippen molar-refractivity contribution in [3.05, 3.63) is 54.1 Å². The zero-order valence-electron chi connectivity index (χ0n) is 21.4. The molecule has 1 fully saturated rings. The number of ether oxygens (including phenoxy) is 2. The number of rotatable bonds is 10. The third kappa shape index (κ3) is 8.06. The number of amides is 1. The van der Waals surface area contributed by atoms with Gasteiger partial charge < -0.3 is 9.47 Å². The average molecular weight is 560 g/mol. The molecule has 2 aromatic carbocycles. The van der Waals surface area contributed by atoms with Crippen LogP contribution in [0.2, 0.25) is 0 Å². The second kappa shape index (κ2) is 12.3. The van der Waals surface area contributed by atoms with Crippen LogP contribution in [0.4, 0.5) is 18.9 Å². The van der Waals surface area contributed by atoms with Crippen molar-refractivity contribution in [2.75, 3.05) is 50.0 Å². The maximum Gasteiger partial charge on any atom is 0.416 e. The number of benzene rings is 2. The Kier molecular flexibility index (Phi) is 9.63. The van der Waals surface area contributed by atoms with Gasteiger partial charge in [-0.15, -0.1) is 0 Å². The van der Waals surface area contributed by atoms with Gasteiger partial charge in [0.05, 0.1) is 43.8 Å². The van der Waals surface area contributed by atoms with Gasteiger partial charge in [-0.25, -0.2) is 13.5 Å². The van der Waals surface area contributed by atoms with Gasteiger partial charge in [-0.05, 0) is 54.4 Å². The molecule has 0 spiro atoms. The highest BCUT2D eigenvalue weighted by Crippen LogP contribution is 2.32. The number of nitrogens with zero attached hydrogens (tertiary/aromatic N) is 3. The third-order valence-corrected chi connectivity index (χ3v) is 7.01. The van der Waals surface area contributed by atoms with Crippen molar-refractivity contribution in [3.63, 3.8) is 0 Å². The van der Waals surface area contributed by atoms with Crippen LogP contribution in [0.15, 0.2) is 48.5 Å². The second-order valence-corrected chi connectivity index (χ2v) is 11.3. The Bertz CT molecular complexity index is 1170. The molecule has 13 heteroatoms. The molecule has 0 saturated carbocycles. The Morgan fingerprint density at radius 1 is 1.03 bits per heavy atom. The highest BCUT2D eigenvalue weighted by atomic mass is 32.2. The summed E-state index contributed by atoms with van der Waals surface area (Å²) in [7, 11) is -3.85. The summed E-state index contributed by atoms with van der Waals surface area (Å²) in [6.07, 6.45) is -3.44. The summed E-state index contributed by atoms with van der Waals surface area (Å²) in [5.74, 6) is -0.160. The molecule has 2 aromatic rings. The Hall–Kier alpha value is -2.87. The van der Waals surface area contributed by atoms with E-state index in [-0.39, 0.29) is 36.2 Å². The first-order chi connectivity index (χ1) is 17.8. The minimum Gasteiger partial charge on any atom is -0.457 e. The molecule has 1 aliphatic rings. The van der Waals surface area contributed by atoms with Gasteiger partial charge in [0, 0.05) is 13.1 Å². The summed E-state index contributed by atoms with van der Waals surface area (Å²) in [5.41, 5.74) is -0.546. The lowest BCUT2D eigenvalue weighted by Crippen LogP contribution is -2.57. The molecule has 1 saturated heterocycles. The predicted molar refractivity (Wildman–Crippen MR) is 135 cm³/mol. The van der Waals surface area contributed by atoms with Gasteiger partial charge in [-0.3, -0.25) is 19.2 Å². The number of alkyl halides is 3. The normalized spacial score (nSPS) is 15.8. The van der Waals surface area contributed by atoms with Crippen LogP contribution < -0.4 is 9.04 Å². The van der Waals surface area contributed by atoms with Crippen LogP contribution in [0.5, 0.6) is 11.5 Å². The number of hydrogen-bond donors (Lipinski definition) is 1. The first-order valence-electron chi connectivity index (χ1n) is 12.0. The van der Waals surface area contributed by atoms with Gasteiger partial charge in [0.15, 0.2) is 0 Å². The molecular weight excluding hydrogens is 527 g/mol. The number of sulfonamides is 1. The second-order valence-electron chi connectivity index (χ2n) is 9.39. The first-order valence-corrected chi connectivity index (χ1v) is 13.9. The molecule has 210 valence electrons. The van der Waals surface area contributed by atoms with Crippen LogP contribution in [0, 0.1) is 5.92 Å². The number of anilines is 1. The van der Waals surface area contributed by atoms with Crippen molar-refractivity contribution in [1.82, 2.24) is 9.96 Å². The molecule has 3 rings (SSSR count). The van der Waals surface area contributed by atoms with Gasteiger partial charge in [0.2, 0.25) is 10.0 Å². The van der Waals surface area contributed by atoms with Crippen LogP contribution in [-0.2, 0) is 25.7 Å². The standard InChI is InChI=1S/C25H32F3N3O6S/c1-18(2)16-30(33)24(32)23(29-12-14-36-15-13-29)17-31(38(3,34)35)20-6-10-22(11-7-20)37-21-8-4-19(5-9-21)25(26,27)28/h4-11,18,23,33H,12-17H2,1-3H3. The van der Waals surface area contributed by atoms with Crippen molar-refractivity contribution < 1.29 is 41.1 Å². The largest absolute Gasteiger partial charge is 0.457 e. The fourth-order valence-electron chi connectivity index (χ4n) is 3.96. The SMILES string of the molecule is CC(C)CN(O)C(=O)C(CN(c1ccc(Oc2ccc(C(F)(F)F)cc2)cc1)S(C)(=O)=O)N1CCOCC1. The number of hydrogen-bond acceptors (Lipinski definition) is 7. The molecule has 38 heavy (non-hydrogen) atoms. The van der Waals surface area contributed by atoms with Crippen molar-refractivity contribution in [1.29, 1.82) is 0 Å². The van der Waals surface area contributed by atoms with E-state index in [9.17, 15) is 31.6 Å². The smallest absolute Gasteiger partial charge is 0.416 e. The molecule has 0 aromatic heterocycles. The summed E-state index contributed by atoms with van der Waals surface area (Å²) >= 11 is 0. The summed E-state index contributed by atoms with van der Waals surface area (Å²) in [6, 6.07) is 9.15. The lowest BCUT2D eigenvalue weighted by molar-refractivity contribution is -0.174. The molecular formula is C25H32F3N3O6S. The predicted octanol–water partition coefficient (Wildman–Crippen LogP) is 3.84. The number of halogens is 3. The molecule has 1 amide bonds. The van der Waals surface area contributed by atoms with E-state index in [1.807, 2.05) is 13.8 Å². The summed E-state index contributed by atoms with van der Waals surface area (Å²) in [6.45, 7) is 5.06. The minimum absolute atomic E-state index is 0.00231.